The first-order valence-electron chi connectivity index (χ1n) is 8.16. The molecule has 3 rings (SSSR count). The van der Waals surface area contributed by atoms with Crippen molar-refractivity contribution in [3.8, 4) is 0 Å². The van der Waals surface area contributed by atoms with Gasteiger partial charge in [0.15, 0.2) is 0 Å². The molecule has 1 atom stereocenters. The van der Waals surface area contributed by atoms with Crippen LogP contribution in [0.4, 0.5) is 0 Å². The second kappa shape index (κ2) is 6.75. The number of hydrogen-bond acceptors (Lipinski definition) is 3. The molecule has 2 aromatic heterocycles. The van der Waals surface area contributed by atoms with Crippen LogP contribution >= 0.6 is 11.3 Å². The lowest BCUT2D eigenvalue weighted by Crippen LogP contribution is -2.23. The number of aromatic nitrogens is 2. The molecule has 1 unspecified atom stereocenters. The Morgan fingerprint density at radius 2 is 2.29 bits per heavy atom. The van der Waals surface area contributed by atoms with Crippen LogP contribution in [0.3, 0.4) is 0 Å². The van der Waals surface area contributed by atoms with Crippen molar-refractivity contribution in [3.63, 3.8) is 0 Å². The quantitative estimate of drug-likeness (QED) is 0.844. The lowest BCUT2D eigenvalue weighted by atomic mass is 10.1. The molecule has 114 valence electrons. The molecule has 0 amide bonds. The first kappa shape index (κ1) is 14.8. The molecule has 0 saturated carbocycles. The maximum Gasteiger partial charge on any atom is 0.0522 e. The van der Waals surface area contributed by atoms with Crippen LogP contribution in [0.5, 0.6) is 0 Å². The molecule has 0 aromatic carbocycles. The highest BCUT2D eigenvalue weighted by atomic mass is 32.1. The van der Waals surface area contributed by atoms with Crippen LogP contribution < -0.4 is 5.32 Å². The predicted molar refractivity (Wildman–Crippen MR) is 89.0 cm³/mol. The van der Waals surface area contributed by atoms with Gasteiger partial charge in [-0.25, -0.2) is 0 Å². The maximum atomic E-state index is 4.40. The lowest BCUT2D eigenvalue weighted by Gasteiger charge is -2.16. The van der Waals surface area contributed by atoms with Gasteiger partial charge in [0.05, 0.1) is 6.20 Å². The van der Waals surface area contributed by atoms with E-state index in [0.29, 0.717) is 6.04 Å². The monoisotopic (exact) mass is 303 g/mol. The van der Waals surface area contributed by atoms with Gasteiger partial charge in [-0.1, -0.05) is 6.92 Å². The summed E-state index contributed by atoms with van der Waals surface area (Å²) in [6.07, 6.45) is 10.3. The Labute approximate surface area is 131 Å². The maximum absolute atomic E-state index is 4.40. The van der Waals surface area contributed by atoms with Gasteiger partial charge < -0.3 is 5.32 Å². The molecule has 0 saturated heterocycles. The molecule has 1 aliphatic rings. The Morgan fingerprint density at radius 1 is 1.38 bits per heavy atom. The van der Waals surface area contributed by atoms with Crippen LogP contribution in [0.25, 0.3) is 0 Å². The van der Waals surface area contributed by atoms with E-state index in [1.54, 1.807) is 10.4 Å². The first-order valence-corrected chi connectivity index (χ1v) is 8.98. The molecular weight excluding hydrogens is 278 g/mol. The summed E-state index contributed by atoms with van der Waals surface area (Å²) < 4.78 is 2.01. The molecule has 4 heteroatoms. The van der Waals surface area contributed by atoms with E-state index in [0.717, 1.165) is 19.5 Å². The van der Waals surface area contributed by atoms with Crippen LogP contribution in [0.1, 0.15) is 53.6 Å². The van der Waals surface area contributed by atoms with Crippen molar-refractivity contribution in [1.29, 1.82) is 0 Å². The van der Waals surface area contributed by atoms with Gasteiger partial charge in [0.2, 0.25) is 0 Å². The van der Waals surface area contributed by atoms with Crippen LogP contribution in [0.15, 0.2) is 18.5 Å². The average Bonchev–Trinajstić information content (AvgIpc) is 3.18. The van der Waals surface area contributed by atoms with E-state index in [-0.39, 0.29) is 0 Å². The van der Waals surface area contributed by atoms with Crippen LogP contribution in [-0.4, -0.2) is 16.3 Å². The van der Waals surface area contributed by atoms with Crippen molar-refractivity contribution >= 4 is 11.3 Å². The lowest BCUT2D eigenvalue weighted by molar-refractivity contribution is 0.536. The largest absolute Gasteiger partial charge is 0.309 e. The number of thiophene rings is 1. The highest BCUT2D eigenvalue weighted by Crippen LogP contribution is 2.34. The van der Waals surface area contributed by atoms with E-state index in [9.17, 15) is 0 Å². The summed E-state index contributed by atoms with van der Waals surface area (Å²) >= 11 is 2.02. The third-order valence-corrected chi connectivity index (χ3v) is 5.55. The summed E-state index contributed by atoms with van der Waals surface area (Å²) in [6.45, 7) is 6.39. The molecule has 1 N–H and O–H groups in total. The molecule has 0 fully saturated rings. The number of fused-ring (bicyclic) bond motifs is 1. The van der Waals surface area contributed by atoms with Gasteiger partial charge in [0.25, 0.3) is 0 Å². The van der Waals surface area contributed by atoms with Crippen molar-refractivity contribution in [2.24, 2.45) is 0 Å². The van der Waals surface area contributed by atoms with Crippen molar-refractivity contribution < 1.29 is 0 Å². The highest BCUT2D eigenvalue weighted by molar-refractivity contribution is 7.12. The van der Waals surface area contributed by atoms with Gasteiger partial charge in [-0.15, -0.1) is 11.3 Å². The zero-order valence-electron chi connectivity index (χ0n) is 13.1. The molecule has 21 heavy (non-hydrogen) atoms. The number of hydrogen-bond donors (Lipinski definition) is 1. The van der Waals surface area contributed by atoms with E-state index in [4.69, 9.17) is 0 Å². The molecule has 2 aromatic rings. The molecule has 0 aliphatic heterocycles. The molecule has 2 heterocycles. The van der Waals surface area contributed by atoms with E-state index < -0.39 is 0 Å². The van der Waals surface area contributed by atoms with Crippen LogP contribution in [0.2, 0.25) is 0 Å². The SMILES string of the molecule is CCCNC(Cc1cnn(CC)c1)c1cc2c(s1)CCC2. The fourth-order valence-electron chi connectivity index (χ4n) is 3.04. The van der Waals surface area contributed by atoms with Gasteiger partial charge in [0, 0.05) is 28.5 Å². The normalized spacial score (nSPS) is 15.3. The Kier molecular flexibility index (Phi) is 4.76. The minimum atomic E-state index is 0.440. The van der Waals surface area contributed by atoms with E-state index >= 15 is 0 Å². The second-order valence-corrected chi connectivity index (χ2v) is 7.03. The summed E-state index contributed by atoms with van der Waals surface area (Å²) in [5.41, 5.74) is 2.93. The summed E-state index contributed by atoms with van der Waals surface area (Å²) in [5.74, 6) is 0. The van der Waals surface area contributed by atoms with Crippen molar-refractivity contribution in [1.82, 2.24) is 15.1 Å². The van der Waals surface area contributed by atoms with Gasteiger partial charge >= 0.3 is 0 Å². The third kappa shape index (κ3) is 3.38. The molecule has 1 aliphatic carbocycles. The highest BCUT2D eigenvalue weighted by Gasteiger charge is 2.20. The predicted octanol–water partition coefficient (Wildman–Crippen LogP) is 3.74. The second-order valence-electron chi connectivity index (χ2n) is 5.87. The standard InChI is InChI=1S/C17H25N3S/c1-3-8-18-15(9-13-11-19-20(4-2)12-13)17-10-14-6-5-7-16(14)21-17/h10-12,15,18H,3-9H2,1-2H3. The summed E-state index contributed by atoms with van der Waals surface area (Å²) in [7, 11) is 0. The zero-order chi connectivity index (χ0) is 14.7. The van der Waals surface area contributed by atoms with Crippen LogP contribution in [0, 0.1) is 0 Å². The molecule has 3 nitrogen and oxygen atoms in total. The minimum Gasteiger partial charge on any atom is -0.309 e. The first-order chi connectivity index (χ1) is 10.3. The van der Waals surface area contributed by atoms with Gasteiger partial charge in [0.1, 0.15) is 0 Å². The Morgan fingerprint density at radius 3 is 3.00 bits per heavy atom. The zero-order valence-corrected chi connectivity index (χ0v) is 13.9. The fourth-order valence-corrected chi connectivity index (χ4v) is 4.37. The molecule has 0 spiro atoms. The van der Waals surface area contributed by atoms with Gasteiger partial charge in [-0.3, -0.25) is 4.68 Å². The Hall–Kier alpha value is -1.13. The number of nitrogens with zero attached hydrogens (tertiary/aromatic N) is 2. The topological polar surface area (TPSA) is 29.9 Å². The summed E-state index contributed by atoms with van der Waals surface area (Å²) in [4.78, 5) is 3.13. The number of aryl methyl sites for hydroxylation is 3. The van der Waals surface area contributed by atoms with Crippen LogP contribution in [-0.2, 0) is 25.8 Å². The summed E-state index contributed by atoms with van der Waals surface area (Å²) in [5, 5.41) is 8.13. The van der Waals surface area contributed by atoms with Crippen molar-refractivity contribution in [2.75, 3.05) is 6.54 Å². The molecule has 0 radical (unpaired) electrons. The van der Waals surface area contributed by atoms with E-state index in [1.165, 1.54) is 36.1 Å². The Bertz CT molecular complexity index is 563. The average molecular weight is 303 g/mol. The minimum absolute atomic E-state index is 0.440. The van der Waals surface area contributed by atoms with Gasteiger partial charge in [-0.05, 0) is 62.8 Å². The number of nitrogens with one attached hydrogen (secondary N) is 1. The van der Waals surface area contributed by atoms with Gasteiger partial charge in [-0.2, -0.15) is 5.10 Å². The molecular formula is C17H25N3S. The fraction of sp³-hybridized carbons (Fsp3) is 0.588. The number of rotatable bonds is 7. The molecule has 0 bridgehead atoms. The van der Waals surface area contributed by atoms with Crippen molar-refractivity contribution in [2.45, 2.75) is 58.5 Å². The third-order valence-electron chi connectivity index (χ3n) is 4.20. The Balaban J connectivity index is 1.76. The summed E-state index contributed by atoms with van der Waals surface area (Å²) in [6, 6.07) is 2.89. The van der Waals surface area contributed by atoms with E-state index in [2.05, 4.69) is 36.5 Å². The van der Waals surface area contributed by atoms with Crippen molar-refractivity contribution in [3.05, 3.63) is 39.3 Å². The van der Waals surface area contributed by atoms with E-state index in [1.807, 2.05) is 22.2 Å². The smallest absolute Gasteiger partial charge is 0.0522 e.